The van der Waals surface area contributed by atoms with Gasteiger partial charge in [0.1, 0.15) is 0 Å². The fourth-order valence-electron chi connectivity index (χ4n) is 2.15. The second-order valence-electron chi connectivity index (χ2n) is 4.87. The molecule has 0 bridgehead atoms. The van der Waals surface area contributed by atoms with Crippen molar-refractivity contribution < 1.29 is 18.3 Å². The van der Waals surface area contributed by atoms with Gasteiger partial charge in [0.05, 0.1) is 17.4 Å². The van der Waals surface area contributed by atoms with Crippen molar-refractivity contribution in [1.82, 2.24) is 0 Å². The number of carboxylic acid groups (broad SMARTS) is 1. The number of sulfone groups is 1. The van der Waals surface area contributed by atoms with Gasteiger partial charge in [-0.25, -0.2) is 8.42 Å². The zero-order valence-corrected chi connectivity index (χ0v) is 12.2. The molecule has 2 rings (SSSR count). The van der Waals surface area contributed by atoms with E-state index in [-0.39, 0.29) is 16.8 Å². The molecule has 1 aliphatic rings. The van der Waals surface area contributed by atoms with E-state index in [0.717, 1.165) is 11.3 Å². The lowest BCUT2D eigenvalue weighted by Crippen LogP contribution is -2.27. The van der Waals surface area contributed by atoms with E-state index < -0.39 is 21.7 Å². The molecule has 1 aromatic rings. The molecule has 0 saturated carbocycles. The predicted molar refractivity (Wildman–Crippen MR) is 75.2 cm³/mol. The Morgan fingerprint density at radius 3 is 2.79 bits per heavy atom. The highest BCUT2D eigenvalue weighted by molar-refractivity contribution is 8.01. The first-order valence-electron chi connectivity index (χ1n) is 6.05. The van der Waals surface area contributed by atoms with Crippen molar-refractivity contribution >= 4 is 27.6 Å². The second-order valence-corrected chi connectivity index (χ2v) is 8.36. The monoisotopic (exact) mass is 300 g/mol. The van der Waals surface area contributed by atoms with Crippen LogP contribution in [0.2, 0.25) is 0 Å². The van der Waals surface area contributed by atoms with Crippen molar-refractivity contribution in [3.8, 4) is 0 Å². The fraction of sp³-hybridized carbons (Fsp3) is 0.462. The van der Waals surface area contributed by atoms with Crippen LogP contribution >= 0.6 is 11.8 Å². The first kappa shape index (κ1) is 14.4. The van der Waals surface area contributed by atoms with Gasteiger partial charge in [0.2, 0.25) is 0 Å². The Morgan fingerprint density at radius 2 is 2.16 bits per heavy atom. The molecule has 2 unspecified atom stereocenters. The van der Waals surface area contributed by atoms with Gasteiger partial charge in [-0.2, -0.15) is 0 Å². The number of hydrogen-bond acceptors (Lipinski definition) is 4. The number of benzene rings is 1. The largest absolute Gasteiger partial charge is 0.481 e. The number of fused-ring (bicyclic) bond motifs is 1. The minimum Gasteiger partial charge on any atom is -0.481 e. The third kappa shape index (κ3) is 3.73. The van der Waals surface area contributed by atoms with Crippen LogP contribution in [0.3, 0.4) is 0 Å². The van der Waals surface area contributed by atoms with Crippen LogP contribution in [0, 0.1) is 5.92 Å². The van der Waals surface area contributed by atoms with E-state index in [2.05, 4.69) is 0 Å². The summed E-state index contributed by atoms with van der Waals surface area (Å²) >= 11 is 1.57. The number of hydrogen-bond donors (Lipinski definition) is 1. The zero-order valence-electron chi connectivity index (χ0n) is 10.6. The van der Waals surface area contributed by atoms with Crippen LogP contribution in [0.1, 0.15) is 12.5 Å². The maximum Gasteiger partial charge on any atom is 0.307 e. The van der Waals surface area contributed by atoms with Crippen molar-refractivity contribution in [3.05, 3.63) is 29.8 Å². The topological polar surface area (TPSA) is 71.4 Å². The van der Waals surface area contributed by atoms with E-state index in [9.17, 15) is 13.2 Å². The lowest BCUT2D eigenvalue weighted by Gasteiger charge is -2.11. The van der Waals surface area contributed by atoms with Gasteiger partial charge < -0.3 is 5.11 Å². The van der Waals surface area contributed by atoms with Crippen LogP contribution in [-0.2, 0) is 21.1 Å². The van der Waals surface area contributed by atoms with Crippen molar-refractivity contribution in [2.75, 3.05) is 11.5 Å². The Kier molecular flexibility index (Phi) is 4.20. The smallest absolute Gasteiger partial charge is 0.307 e. The molecule has 0 spiro atoms. The summed E-state index contributed by atoms with van der Waals surface area (Å²) < 4.78 is 24.0. The number of carboxylic acids is 1. The average molecular weight is 300 g/mol. The molecule has 1 heterocycles. The zero-order chi connectivity index (χ0) is 14.0. The summed E-state index contributed by atoms with van der Waals surface area (Å²) in [6.45, 7) is 1.43. The van der Waals surface area contributed by atoms with Crippen LogP contribution < -0.4 is 0 Å². The van der Waals surface area contributed by atoms with Gasteiger partial charge in [0.15, 0.2) is 9.84 Å². The first-order valence-corrected chi connectivity index (χ1v) is 8.75. The maximum atomic E-state index is 12.0. The quantitative estimate of drug-likeness (QED) is 0.898. The highest BCUT2D eigenvalue weighted by Gasteiger charge is 2.29. The Hall–Kier alpha value is -1.01. The standard InChI is InChI=1S/C13H16O4S2/c1-9(13(14)15)7-19(16,17)8-11-6-10-4-2-3-5-12(10)18-11/h2-5,9,11H,6-8H2,1H3,(H,14,15). The number of thioether (sulfide) groups is 1. The normalized spacial score (nSPS) is 19.9. The number of carbonyl (C=O) groups is 1. The predicted octanol–water partition coefficient (Wildman–Crippen LogP) is 1.84. The SMILES string of the molecule is CC(CS(=O)(=O)CC1Cc2ccccc2S1)C(=O)O. The number of aliphatic carboxylic acids is 1. The van der Waals surface area contributed by atoms with E-state index in [1.54, 1.807) is 11.8 Å². The summed E-state index contributed by atoms with van der Waals surface area (Å²) in [6, 6.07) is 7.89. The van der Waals surface area contributed by atoms with Crippen LogP contribution in [0.5, 0.6) is 0 Å². The molecular formula is C13H16O4S2. The summed E-state index contributed by atoms with van der Waals surface area (Å²) in [5.74, 6) is -2.15. The Balaban J connectivity index is 1.98. The summed E-state index contributed by atoms with van der Waals surface area (Å²) in [7, 11) is -3.33. The minimum absolute atomic E-state index is 0.00314. The average Bonchev–Trinajstić information content (AvgIpc) is 2.68. The first-order chi connectivity index (χ1) is 8.87. The van der Waals surface area contributed by atoms with Gasteiger partial charge in [-0.05, 0) is 18.1 Å². The second kappa shape index (κ2) is 5.54. The Labute approximate surface area is 117 Å². The van der Waals surface area contributed by atoms with E-state index in [1.807, 2.05) is 24.3 Å². The van der Waals surface area contributed by atoms with Gasteiger partial charge in [-0.3, -0.25) is 4.79 Å². The molecule has 0 amide bonds. The highest BCUT2D eigenvalue weighted by Crippen LogP contribution is 2.37. The molecule has 1 N–H and O–H groups in total. The molecule has 0 radical (unpaired) electrons. The molecule has 6 heteroatoms. The van der Waals surface area contributed by atoms with Crippen LogP contribution in [0.25, 0.3) is 0 Å². The molecule has 1 aromatic carbocycles. The van der Waals surface area contributed by atoms with Crippen molar-refractivity contribution in [2.24, 2.45) is 5.92 Å². The molecule has 0 saturated heterocycles. The summed E-state index contributed by atoms with van der Waals surface area (Å²) in [5.41, 5.74) is 1.18. The summed E-state index contributed by atoms with van der Waals surface area (Å²) in [5, 5.41) is 8.78. The molecule has 0 aliphatic carbocycles. The van der Waals surface area contributed by atoms with Crippen LogP contribution in [0.4, 0.5) is 0 Å². The number of rotatable bonds is 5. The highest BCUT2D eigenvalue weighted by atomic mass is 32.2. The summed E-state index contributed by atoms with van der Waals surface area (Å²) in [6.07, 6.45) is 0.738. The Bertz CT molecular complexity index is 555. The maximum absolute atomic E-state index is 12.0. The van der Waals surface area contributed by atoms with E-state index in [0.29, 0.717) is 0 Å². The van der Waals surface area contributed by atoms with Crippen molar-refractivity contribution in [3.63, 3.8) is 0 Å². The lowest BCUT2D eigenvalue weighted by molar-refractivity contribution is -0.140. The molecule has 0 aromatic heterocycles. The third-order valence-electron chi connectivity index (χ3n) is 3.08. The summed E-state index contributed by atoms with van der Waals surface area (Å²) in [4.78, 5) is 11.9. The van der Waals surface area contributed by atoms with Gasteiger partial charge in [-0.1, -0.05) is 25.1 Å². The van der Waals surface area contributed by atoms with Gasteiger partial charge in [0, 0.05) is 10.1 Å². The molecule has 1 aliphatic heterocycles. The molecular weight excluding hydrogens is 284 g/mol. The minimum atomic E-state index is -3.33. The van der Waals surface area contributed by atoms with E-state index in [4.69, 9.17) is 5.11 Å². The van der Waals surface area contributed by atoms with Gasteiger partial charge in [-0.15, -0.1) is 11.8 Å². The molecule has 19 heavy (non-hydrogen) atoms. The third-order valence-corrected chi connectivity index (χ3v) is 6.53. The van der Waals surface area contributed by atoms with Gasteiger partial charge >= 0.3 is 5.97 Å². The van der Waals surface area contributed by atoms with Gasteiger partial charge in [0.25, 0.3) is 0 Å². The van der Waals surface area contributed by atoms with Crippen molar-refractivity contribution in [1.29, 1.82) is 0 Å². The van der Waals surface area contributed by atoms with E-state index >= 15 is 0 Å². The van der Waals surface area contributed by atoms with E-state index in [1.165, 1.54) is 12.5 Å². The molecule has 2 atom stereocenters. The molecule has 104 valence electrons. The lowest BCUT2D eigenvalue weighted by atomic mass is 10.1. The van der Waals surface area contributed by atoms with Crippen LogP contribution in [0.15, 0.2) is 29.2 Å². The molecule has 4 nitrogen and oxygen atoms in total. The van der Waals surface area contributed by atoms with Crippen LogP contribution in [-0.4, -0.2) is 36.2 Å². The fourth-order valence-corrected chi connectivity index (χ4v) is 5.85. The van der Waals surface area contributed by atoms with Crippen molar-refractivity contribution in [2.45, 2.75) is 23.5 Å². The molecule has 0 fully saturated rings. The Morgan fingerprint density at radius 1 is 1.47 bits per heavy atom.